The summed E-state index contributed by atoms with van der Waals surface area (Å²) in [6.07, 6.45) is 6.77. The fraction of sp³-hybridized carbons (Fsp3) is 0.407. The number of hydrogen-bond acceptors (Lipinski definition) is 0. The van der Waals surface area contributed by atoms with Gasteiger partial charge >= 0.3 is 0 Å². The molecule has 1 unspecified atom stereocenters. The van der Waals surface area contributed by atoms with Crippen LogP contribution in [0.25, 0.3) is 0 Å². The van der Waals surface area contributed by atoms with Gasteiger partial charge in [0.05, 0.1) is 0 Å². The Labute approximate surface area is 189 Å². The molecule has 0 saturated heterocycles. The molecule has 0 N–H and O–H groups in total. The van der Waals surface area contributed by atoms with E-state index in [1.165, 1.54) is 29.6 Å². The standard InChI is InChI=1S/C27H34F2P2/c1-19(31(26(2,3)4)27(5,6)7)24-9-8-10-25(24)30(22-15-11-20(28)12-16-22)23-17-13-21(29)14-18-23/h8-19,24H,1-7H3/t19-,24?/m1/s1. The number of hydrogen-bond donors (Lipinski definition) is 0. The van der Waals surface area contributed by atoms with Crippen LogP contribution in [0.15, 0.2) is 72.1 Å². The average Bonchev–Trinajstić information content (AvgIpc) is 3.12. The van der Waals surface area contributed by atoms with Gasteiger partial charge in [0.2, 0.25) is 0 Å². The minimum absolute atomic E-state index is 0.225. The fourth-order valence-electron chi connectivity index (χ4n) is 5.13. The molecular weight excluding hydrogens is 424 g/mol. The van der Waals surface area contributed by atoms with Crippen molar-refractivity contribution in [3.05, 3.63) is 83.7 Å². The first-order valence-electron chi connectivity index (χ1n) is 10.9. The van der Waals surface area contributed by atoms with Crippen molar-refractivity contribution in [2.75, 3.05) is 0 Å². The van der Waals surface area contributed by atoms with Gasteiger partial charge in [-0.15, -0.1) is 0 Å². The van der Waals surface area contributed by atoms with E-state index in [2.05, 4.69) is 66.7 Å². The van der Waals surface area contributed by atoms with Gasteiger partial charge in [0, 0.05) is 5.92 Å². The first kappa shape index (κ1) is 24.3. The van der Waals surface area contributed by atoms with E-state index in [9.17, 15) is 8.78 Å². The van der Waals surface area contributed by atoms with Gasteiger partial charge in [0.1, 0.15) is 11.6 Å². The summed E-state index contributed by atoms with van der Waals surface area (Å²) < 4.78 is 27.4. The summed E-state index contributed by atoms with van der Waals surface area (Å²) in [5.74, 6) is -0.138. The van der Waals surface area contributed by atoms with Gasteiger partial charge in [-0.1, -0.05) is 98.9 Å². The lowest BCUT2D eigenvalue weighted by molar-refractivity contribution is 0.628. The Bertz CT molecular complexity index is 885. The van der Waals surface area contributed by atoms with Gasteiger partial charge in [-0.25, -0.2) is 8.78 Å². The predicted octanol–water partition coefficient (Wildman–Crippen LogP) is 7.93. The predicted molar refractivity (Wildman–Crippen MR) is 136 cm³/mol. The zero-order chi connectivity index (χ0) is 23.0. The molecule has 0 nitrogen and oxygen atoms in total. The molecule has 4 heteroatoms. The molecule has 3 rings (SSSR count). The highest BCUT2D eigenvalue weighted by atomic mass is 31.1. The molecule has 1 aliphatic rings. The van der Waals surface area contributed by atoms with Crippen molar-refractivity contribution in [1.82, 2.24) is 0 Å². The van der Waals surface area contributed by atoms with E-state index in [-0.39, 0.29) is 29.9 Å². The third-order valence-electron chi connectivity index (χ3n) is 5.73. The fourth-order valence-corrected chi connectivity index (χ4v) is 12.9. The maximum atomic E-state index is 13.7. The number of halogens is 2. The smallest absolute Gasteiger partial charge is 0.123 e. The second-order valence-corrected chi connectivity index (χ2v) is 16.7. The summed E-state index contributed by atoms with van der Waals surface area (Å²) >= 11 is 0. The van der Waals surface area contributed by atoms with Crippen LogP contribution < -0.4 is 10.6 Å². The Hall–Kier alpha value is -1.36. The van der Waals surface area contributed by atoms with Gasteiger partial charge in [0.25, 0.3) is 0 Å². The van der Waals surface area contributed by atoms with E-state index < -0.39 is 7.92 Å². The second-order valence-electron chi connectivity index (χ2n) is 10.2. The summed E-state index contributed by atoms with van der Waals surface area (Å²) in [5, 5.41) is 4.03. The number of benzene rings is 2. The first-order chi connectivity index (χ1) is 14.4. The minimum atomic E-state index is -0.869. The SMILES string of the molecule is C[C@H](C1C=CC=C1P(c1ccc(F)cc1)c1ccc(F)cc1)P(C(C)(C)C)C(C)(C)C. The Morgan fingerprint density at radius 1 is 0.742 bits per heavy atom. The molecule has 0 fully saturated rings. The van der Waals surface area contributed by atoms with E-state index in [4.69, 9.17) is 0 Å². The molecule has 2 atom stereocenters. The Balaban J connectivity index is 2.06. The van der Waals surface area contributed by atoms with Crippen LogP contribution in [0, 0.1) is 17.6 Å². The molecule has 0 heterocycles. The monoisotopic (exact) mass is 458 g/mol. The van der Waals surface area contributed by atoms with Crippen LogP contribution in [0.4, 0.5) is 8.78 Å². The molecule has 0 radical (unpaired) electrons. The van der Waals surface area contributed by atoms with Crippen LogP contribution >= 0.6 is 15.8 Å². The maximum absolute atomic E-state index is 13.7. The van der Waals surface area contributed by atoms with Crippen molar-refractivity contribution in [1.29, 1.82) is 0 Å². The van der Waals surface area contributed by atoms with Crippen LogP contribution in [-0.2, 0) is 0 Å². The molecule has 0 saturated carbocycles. The number of rotatable bonds is 5. The highest BCUT2D eigenvalue weighted by Gasteiger charge is 2.42. The Morgan fingerprint density at radius 2 is 1.16 bits per heavy atom. The van der Waals surface area contributed by atoms with E-state index in [1.807, 2.05) is 24.3 Å². The van der Waals surface area contributed by atoms with Gasteiger partial charge in [0.15, 0.2) is 0 Å². The Kier molecular flexibility index (Phi) is 7.25. The second kappa shape index (κ2) is 9.25. The lowest BCUT2D eigenvalue weighted by Gasteiger charge is -2.48. The molecule has 2 aromatic rings. The lowest BCUT2D eigenvalue weighted by Crippen LogP contribution is -2.34. The molecule has 2 aromatic carbocycles. The summed E-state index contributed by atoms with van der Waals surface area (Å²) in [5.41, 5.74) is 0.492. The van der Waals surface area contributed by atoms with Crippen LogP contribution in [0.2, 0.25) is 0 Å². The van der Waals surface area contributed by atoms with Crippen molar-refractivity contribution < 1.29 is 8.78 Å². The van der Waals surface area contributed by atoms with Crippen molar-refractivity contribution in [2.24, 2.45) is 5.92 Å². The average molecular weight is 459 g/mol. The zero-order valence-electron chi connectivity index (χ0n) is 19.7. The normalized spacial score (nSPS) is 18.0. The van der Waals surface area contributed by atoms with Crippen LogP contribution in [0.3, 0.4) is 0 Å². The first-order valence-corrected chi connectivity index (χ1v) is 13.6. The van der Waals surface area contributed by atoms with Crippen molar-refractivity contribution in [2.45, 2.75) is 64.4 Å². The third kappa shape index (κ3) is 5.53. The third-order valence-corrected chi connectivity index (χ3v) is 12.3. The van der Waals surface area contributed by atoms with Crippen molar-refractivity contribution in [3.8, 4) is 0 Å². The van der Waals surface area contributed by atoms with E-state index in [0.717, 1.165) is 10.6 Å². The topological polar surface area (TPSA) is 0 Å². The molecular formula is C27H34F2P2. The highest BCUT2D eigenvalue weighted by Crippen LogP contribution is 2.66. The summed E-state index contributed by atoms with van der Waals surface area (Å²) in [4.78, 5) is 0. The molecule has 0 aliphatic heterocycles. The van der Waals surface area contributed by atoms with Crippen LogP contribution in [0.1, 0.15) is 48.5 Å². The summed E-state index contributed by atoms with van der Waals surface area (Å²) in [6, 6.07) is 13.7. The van der Waals surface area contributed by atoms with Gasteiger partial charge in [-0.3, -0.25) is 0 Å². The molecule has 0 amide bonds. The quantitative estimate of drug-likeness (QED) is 0.399. The lowest BCUT2D eigenvalue weighted by atomic mass is 10.1. The van der Waals surface area contributed by atoms with Gasteiger partial charge in [-0.05, 0) is 64.1 Å². The Morgan fingerprint density at radius 3 is 1.55 bits per heavy atom. The van der Waals surface area contributed by atoms with Gasteiger partial charge in [-0.2, -0.15) is 0 Å². The summed E-state index contributed by atoms with van der Waals surface area (Å²) in [6.45, 7) is 16.6. The van der Waals surface area contributed by atoms with Crippen LogP contribution in [0.5, 0.6) is 0 Å². The molecule has 0 spiro atoms. The highest BCUT2D eigenvalue weighted by molar-refractivity contribution is 7.76. The molecule has 0 aromatic heterocycles. The molecule has 0 bridgehead atoms. The largest absolute Gasteiger partial charge is 0.207 e. The van der Waals surface area contributed by atoms with E-state index in [1.54, 1.807) is 0 Å². The zero-order valence-corrected chi connectivity index (χ0v) is 21.4. The van der Waals surface area contributed by atoms with Crippen LogP contribution in [-0.4, -0.2) is 16.0 Å². The molecule has 166 valence electrons. The van der Waals surface area contributed by atoms with E-state index in [0.29, 0.717) is 11.6 Å². The van der Waals surface area contributed by atoms with Gasteiger partial charge < -0.3 is 0 Å². The molecule has 1 aliphatic carbocycles. The number of allylic oxidation sites excluding steroid dienone is 4. The van der Waals surface area contributed by atoms with Crippen molar-refractivity contribution in [3.63, 3.8) is 0 Å². The maximum Gasteiger partial charge on any atom is 0.123 e. The van der Waals surface area contributed by atoms with E-state index >= 15 is 0 Å². The molecule has 31 heavy (non-hydrogen) atoms. The summed E-state index contributed by atoms with van der Waals surface area (Å²) in [7, 11) is -1.19. The minimum Gasteiger partial charge on any atom is -0.207 e. The van der Waals surface area contributed by atoms with Crippen molar-refractivity contribution >= 4 is 26.5 Å².